The molecule has 1 aliphatic carbocycles. The molecule has 176 valence electrons. The van der Waals surface area contributed by atoms with Crippen LogP contribution in [0.4, 0.5) is 4.39 Å². The number of aliphatic carboxylic acids is 1. The number of hydrogen-bond acceptors (Lipinski definition) is 4. The predicted molar refractivity (Wildman–Crippen MR) is 129 cm³/mol. The van der Waals surface area contributed by atoms with Gasteiger partial charge in [0.15, 0.2) is 5.79 Å². The zero-order valence-corrected chi connectivity index (χ0v) is 19.3. The van der Waals surface area contributed by atoms with Crippen LogP contribution in [0, 0.1) is 5.82 Å². The topological polar surface area (TPSA) is 68.7 Å². The summed E-state index contributed by atoms with van der Waals surface area (Å²) < 4.78 is 25.6. The summed E-state index contributed by atoms with van der Waals surface area (Å²) in [6.45, 7) is 3.61. The number of aromatic nitrogens is 1. The van der Waals surface area contributed by atoms with Crippen molar-refractivity contribution >= 4 is 22.9 Å². The number of pyridine rings is 1. The Hall–Kier alpha value is -3.09. The highest BCUT2D eigenvalue weighted by atomic mass is 19.1. The van der Waals surface area contributed by atoms with Crippen molar-refractivity contribution in [3.05, 3.63) is 71.7 Å². The number of fused-ring (bicyclic) bond motifs is 1. The van der Waals surface area contributed by atoms with Gasteiger partial charge in [-0.2, -0.15) is 0 Å². The van der Waals surface area contributed by atoms with Gasteiger partial charge in [-0.05, 0) is 50.5 Å². The Kier molecular flexibility index (Phi) is 5.96. The summed E-state index contributed by atoms with van der Waals surface area (Å²) in [4.78, 5) is 16.3. The highest BCUT2D eigenvalue weighted by Crippen LogP contribution is 2.45. The molecule has 0 amide bonds. The molecule has 1 N–H and O–H groups in total. The summed E-state index contributed by atoms with van der Waals surface area (Å²) in [5.41, 5.74) is 4.93. The molecular weight excluding hydrogens is 433 g/mol. The lowest BCUT2D eigenvalue weighted by Crippen LogP contribution is -2.44. The highest BCUT2D eigenvalue weighted by Gasteiger charge is 2.36. The normalized spacial score (nSPS) is 22.3. The van der Waals surface area contributed by atoms with Crippen LogP contribution in [-0.2, 0) is 14.3 Å². The average Bonchev–Trinajstić information content (AvgIpc) is 3.61. The Morgan fingerprint density at radius 2 is 1.88 bits per heavy atom. The maximum absolute atomic E-state index is 13.7. The molecule has 1 saturated carbocycles. The quantitative estimate of drug-likeness (QED) is 0.465. The number of halogens is 1. The number of carboxylic acids is 1. The largest absolute Gasteiger partial charge is 0.481 e. The summed E-state index contributed by atoms with van der Waals surface area (Å²) in [5.74, 6) is -1.65. The number of hydrogen-bond donors (Lipinski definition) is 1. The van der Waals surface area contributed by atoms with Crippen molar-refractivity contribution in [1.29, 1.82) is 0 Å². The number of nitrogens with zero attached hydrogens (tertiary/aromatic N) is 1. The van der Waals surface area contributed by atoms with Crippen LogP contribution >= 0.6 is 0 Å². The molecule has 6 heteroatoms. The number of carboxylic acid groups (broad SMARTS) is 1. The Labute approximate surface area is 198 Å². The van der Waals surface area contributed by atoms with Crippen LogP contribution in [0.1, 0.15) is 56.7 Å². The molecule has 2 aromatic carbocycles. The smallest absolute Gasteiger partial charge is 0.305 e. The summed E-state index contributed by atoms with van der Waals surface area (Å²) in [7, 11) is 0. The lowest BCUT2D eigenvalue weighted by atomic mass is 9.92. The van der Waals surface area contributed by atoms with Crippen LogP contribution in [0.5, 0.6) is 0 Å². The molecule has 34 heavy (non-hydrogen) atoms. The van der Waals surface area contributed by atoms with Gasteiger partial charge in [-0.1, -0.05) is 42.5 Å². The number of carbonyl (C=O) groups is 1. The minimum absolute atomic E-state index is 0.0667. The lowest BCUT2D eigenvalue weighted by molar-refractivity contribution is -0.290. The first-order chi connectivity index (χ1) is 16.3. The fraction of sp³-hybridized carbons (Fsp3) is 0.357. The van der Waals surface area contributed by atoms with Crippen LogP contribution < -0.4 is 0 Å². The monoisotopic (exact) mass is 461 g/mol. The summed E-state index contributed by atoms with van der Waals surface area (Å²) >= 11 is 0. The Bertz CT molecular complexity index is 1250. The van der Waals surface area contributed by atoms with Gasteiger partial charge in [0, 0.05) is 28.9 Å². The van der Waals surface area contributed by atoms with Gasteiger partial charge in [-0.15, -0.1) is 0 Å². The number of para-hydroxylation sites is 1. The zero-order valence-electron chi connectivity index (χ0n) is 19.3. The van der Waals surface area contributed by atoms with E-state index in [1.165, 1.54) is 12.1 Å². The second kappa shape index (κ2) is 8.93. The molecule has 2 unspecified atom stereocenters. The van der Waals surface area contributed by atoms with Gasteiger partial charge in [-0.25, -0.2) is 4.39 Å². The number of rotatable bonds is 6. The van der Waals surface area contributed by atoms with Crippen LogP contribution in [0.15, 0.2) is 54.6 Å². The van der Waals surface area contributed by atoms with Gasteiger partial charge in [-0.3, -0.25) is 9.78 Å². The SMILES string of the molecule is CC1(C)OC(/C=C/c2c(C3CC3)nc3ccccc3c2-c2ccc(F)cc2)CC(CC(=O)O)O1. The molecule has 2 heterocycles. The van der Waals surface area contributed by atoms with E-state index in [2.05, 4.69) is 6.08 Å². The van der Waals surface area contributed by atoms with Crippen LogP contribution in [0.25, 0.3) is 28.1 Å². The third-order valence-corrected chi connectivity index (χ3v) is 6.32. The Balaban J connectivity index is 1.60. The maximum atomic E-state index is 13.7. The van der Waals surface area contributed by atoms with Gasteiger partial charge in [0.25, 0.3) is 0 Å². The second-order valence-corrected chi connectivity index (χ2v) is 9.57. The number of ether oxygens (including phenoxy) is 2. The standard InChI is InChI=1S/C28H28FNO4/c1-28(2)33-20(15-21(34-28)16-25(31)32)13-14-23-26(17-9-11-19(29)12-10-17)22-5-3-4-6-24(22)30-27(23)18-7-8-18/h3-6,9-14,18,20-21H,7-8,15-16H2,1-2H3,(H,31,32)/b14-13+. The van der Waals surface area contributed by atoms with Crippen molar-refractivity contribution in [2.75, 3.05) is 0 Å². The van der Waals surface area contributed by atoms with E-state index in [9.17, 15) is 14.3 Å². The van der Waals surface area contributed by atoms with Crippen molar-refractivity contribution < 1.29 is 23.8 Å². The van der Waals surface area contributed by atoms with E-state index < -0.39 is 17.9 Å². The van der Waals surface area contributed by atoms with E-state index in [1.807, 2.05) is 42.5 Å². The van der Waals surface area contributed by atoms with Gasteiger partial charge in [0.2, 0.25) is 0 Å². The molecule has 0 radical (unpaired) electrons. The van der Waals surface area contributed by atoms with Crippen molar-refractivity contribution in [2.45, 2.75) is 63.4 Å². The van der Waals surface area contributed by atoms with Gasteiger partial charge in [0.05, 0.1) is 29.8 Å². The molecule has 1 aromatic heterocycles. The Morgan fingerprint density at radius 3 is 2.59 bits per heavy atom. The minimum Gasteiger partial charge on any atom is -0.481 e. The predicted octanol–water partition coefficient (Wildman–Crippen LogP) is 6.32. The lowest BCUT2D eigenvalue weighted by Gasteiger charge is -2.39. The molecule has 2 aliphatic rings. The van der Waals surface area contributed by atoms with E-state index in [4.69, 9.17) is 14.5 Å². The Morgan fingerprint density at radius 1 is 1.15 bits per heavy atom. The number of benzene rings is 2. The van der Waals surface area contributed by atoms with Crippen LogP contribution in [0.2, 0.25) is 0 Å². The van der Waals surface area contributed by atoms with Crippen LogP contribution in [0.3, 0.4) is 0 Å². The molecule has 2 atom stereocenters. The molecular formula is C28H28FNO4. The molecule has 3 aromatic rings. The van der Waals surface area contributed by atoms with E-state index in [0.717, 1.165) is 46.1 Å². The van der Waals surface area contributed by atoms with Gasteiger partial charge >= 0.3 is 5.97 Å². The molecule has 0 bridgehead atoms. The molecule has 1 saturated heterocycles. The van der Waals surface area contributed by atoms with Gasteiger partial charge in [0.1, 0.15) is 5.82 Å². The maximum Gasteiger partial charge on any atom is 0.305 e. The second-order valence-electron chi connectivity index (χ2n) is 9.57. The van der Waals surface area contributed by atoms with Crippen LogP contribution in [-0.4, -0.2) is 34.1 Å². The summed E-state index contributed by atoms with van der Waals surface area (Å²) in [6.07, 6.45) is 5.89. The van der Waals surface area contributed by atoms with Crippen molar-refractivity contribution in [2.24, 2.45) is 0 Å². The van der Waals surface area contributed by atoms with E-state index in [1.54, 1.807) is 13.8 Å². The molecule has 2 fully saturated rings. The van der Waals surface area contributed by atoms with Crippen molar-refractivity contribution in [3.63, 3.8) is 0 Å². The highest BCUT2D eigenvalue weighted by molar-refractivity contribution is 5.99. The molecule has 0 spiro atoms. The zero-order chi connectivity index (χ0) is 23.9. The first kappa shape index (κ1) is 22.7. The van der Waals surface area contributed by atoms with E-state index in [0.29, 0.717) is 12.3 Å². The van der Waals surface area contributed by atoms with Gasteiger partial charge < -0.3 is 14.6 Å². The first-order valence-electron chi connectivity index (χ1n) is 11.7. The summed E-state index contributed by atoms with van der Waals surface area (Å²) in [6, 6.07) is 14.6. The average molecular weight is 462 g/mol. The van der Waals surface area contributed by atoms with Crippen molar-refractivity contribution in [1.82, 2.24) is 4.98 Å². The fourth-order valence-electron chi connectivity index (χ4n) is 4.80. The first-order valence-corrected chi connectivity index (χ1v) is 11.7. The molecule has 5 nitrogen and oxygen atoms in total. The molecule has 1 aliphatic heterocycles. The fourth-order valence-corrected chi connectivity index (χ4v) is 4.80. The third-order valence-electron chi connectivity index (χ3n) is 6.32. The van der Waals surface area contributed by atoms with Crippen molar-refractivity contribution in [3.8, 4) is 11.1 Å². The summed E-state index contributed by atoms with van der Waals surface area (Å²) in [5, 5.41) is 10.3. The van der Waals surface area contributed by atoms with E-state index in [-0.39, 0.29) is 18.3 Å². The molecule has 5 rings (SSSR count). The van der Waals surface area contributed by atoms with E-state index >= 15 is 0 Å². The minimum atomic E-state index is -0.890. The third kappa shape index (κ3) is 4.88.